The van der Waals surface area contributed by atoms with Gasteiger partial charge in [-0.15, -0.1) is 0 Å². The summed E-state index contributed by atoms with van der Waals surface area (Å²) in [5.41, 5.74) is 0. The largest absolute Gasteiger partial charge is 0.382 e. The van der Waals surface area contributed by atoms with Crippen molar-refractivity contribution in [2.24, 2.45) is 5.92 Å². The minimum absolute atomic E-state index is 0.0205. The Kier molecular flexibility index (Phi) is 5.09. The molecule has 8 heteroatoms. The van der Waals surface area contributed by atoms with Crippen LogP contribution in [-0.2, 0) is 19.1 Å². The number of fused-ring (bicyclic) bond motifs is 7. The number of carbonyl (C=O) groups is 2. The van der Waals surface area contributed by atoms with Crippen LogP contribution in [0, 0.1) is 5.92 Å². The van der Waals surface area contributed by atoms with Crippen LogP contribution in [0.2, 0.25) is 0 Å². The molecule has 0 aromatic rings. The van der Waals surface area contributed by atoms with E-state index in [9.17, 15) is 14.7 Å². The SMILES string of the molecule is COC1CCC2C(C1)C(=O)N1CCC[C@H]1C1N3CCC(OC)CC3C(O)C(=O)N21. The molecule has 29 heavy (non-hydrogen) atoms. The van der Waals surface area contributed by atoms with Crippen molar-refractivity contribution in [3.05, 3.63) is 0 Å². The van der Waals surface area contributed by atoms with E-state index >= 15 is 0 Å². The zero-order chi connectivity index (χ0) is 20.3. The second kappa shape index (κ2) is 7.48. The first-order valence-corrected chi connectivity index (χ1v) is 11.2. The molecule has 2 amide bonds. The summed E-state index contributed by atoms with van der Waals surface area (Å²) in [5.74, 6) is -0.247. The maximum Gasteiger partial charge on any atom is 0.254 e. The number of piperidine rings is 1. The molecule has 4 aliphatic heterocycles. The summed E-state index contributed by atoms with van der Waals surface area (Å²) in [6, 6.07) is -0.355. The second-order valence-corrected chi connectivity index (χ2v) is 9.38. The number of rotatable bonds is 2. The van der Waals surface area contributed by atoms with Gasteiger partial charge in [0.15, 0.2) is 0 Å². The van der Waals surface area contributed by atoms with Gasteiger partial charge in [-0.25, -0.2) is 0 Å². The number of amides is 2. The van der Waals surface area contributed by atoms with Crippen LogP contribution in [-0.4, -0.2) is 102 Å². The molecule has 4 heterocycles. The Labute approximate surface area is 172 Å². The molecule has 5 fully saturated rings. The molecule has 1 aliphatic carbocycles. The van der Waals surface area contributed by atoms with Crippen molar-refractivity contribution < 1.29 is 24.2 Å². The summed E-state index contributed by atoms with van der Waals surface area (Å²) in [4.78, 5) is 33.4. The first-order valence-electron chi connectivity index (χ1n) is 11.2. The van der Waals surface area contributed by atoms with Crippen molar-refractivity contribution in [3.63, 3.8) is 0 Å². The summed E-state index contributed by atoms with van der Waals surface area (Å²) in [5, 5.41) is 11.0. The van der Waals surface area contributed by atoms with Gasteiger partial charge in [-0.05, 0) is 44.9 Å². The third kappa shape index (κ3) is 2.94. The van der Waals surface area contributed by atoms with Gasteiger partial charge in [-0.2, -0.15) is 0 Å². The van der Waals surface area contributed by atoms with Gasteiger partial charge in [0.2, 0.25) is 5.91 Å². The Morgan fingerprint density at radius 1 is 0.862 bits per heavy atom. The smallest absolute Gasteiger partial charge is 0.254 e. The van der Waals surface area contributed by atoms with Gasteiger partial charge in [0.25, 0.3) is 5.91 Å². The van der Waals surface area contributed by atoms with E-state index in [0.29, 0.717) is 12.8 Å². The Morgan fingerprint density at radius 3 is 2.38 bits per heavy atom. The number of nitrogens with zero attached hydrogens (tertiary/aromatic N) is 3. The Morgan fingerprint density at radius 2 is 1.62 bits per heavy atom. The minimum Gasteiger partial charge on any atom is -0.382 e. The molecular weight excluding hydrogens is 374 g/mol. The van der Waals surface area contributed by atoms with Gasteiger partial charge in [-0.1, -0.05) is 0 Å². The van der Waals surface area contributed by atoms with Gasteiger partial charge in [0, 0.05) is 39.4 Å². The van der Waals surface area contributed by atoms with Crippen molar-refractivity contribution in [2.45, 2.75) is 87.5 Å². The van der Waals surface area contributed by atoms with Crippen LogP contribution < -0.4 is 0 Å². The lowest BCUT2D eigenvalue weighted by molar-refractivity contribution is -0.187. The first-order chi connectivity index (χ1) is 14.0. The molecule has 1 N–H and O–H groups in total. The number of ether oxygens (including phenoxy) is 2. The third-order valence-corrected chi connectivity index (χ3v) is 8.17. The molecule has 5 aliphatic rings. The molecule has 0 aromatic heterocycles. The first kappa shape index (κ1) is 19.7. The molecule has 8 nitrogen and oxygen atoms in total. The van der Waals surface area contributed by atoms with E-state index in [2.05, 4.69) is 4.90 Å². The summed E-state index contributed by atoms with van der Waals surface area (Å²) in [6.45, 7) is 1.55. The van der Waals surface area contributed by atoms with Crippen molar-refractivity contribution in [1.82, 2.24) is 14.7 Å². The lowest BCUT2D eigenvalue weighted by Gasteiger charge is -2.56. The predicted molar refractivity (Wildman–Crippen MR) is 104 cm³/mol. The fourth-order valence-corrected chi connectivity index (χ4v) is 6.73. The van der Waals surface area contributed by atoms with E-state index in [1.54, 1.807) is 14.2 Å². The predicted octanol–water partition coefficient (Wildman–Crippen LogP) is 0.183. The Hall–Kier alpha value is -1.22. The number of aliphatic hydroxyl groups excluding tert-OH is 1. The molecule has 0 bridgehead atoms. The van der Waals surface area contributed by atoms with E-state index in [1.165, 1.54) is 0 Å². The normalized spacial score (nSPS) is 45.3. The van der Waals surface area contributed by atoms with E-state index in [4.69, 9.17) is 9.47 Å². The van der Waals surface area contributed by atoms with E-state index < -0.39 is 6.10 Å². The lowest BCUT2D eigenvalue weighted by Crippen LogP contribution is -2.74. The molecule has 0 radical (unpaired) electrons. The monoisotopic (exact) mass is 407 g/mol. The van der Waals surface area contributed by atoms with Crippen LogP contribution in [0.3, 0.4) is 0 Å². The van der Waals surface area contributed by atoms with Gasteiger partial charge in [0.05, 0.1) is 24.2 Å². The number of carbonyl (C=O) groups excluding carboxylic acids is 2. The van der Waals surface area contributed by atoms with E-state index in [0.717, 1.165) is 45.2 Å². The van der Waals surface area contributed by atoms with Gasteiger partial charge in [0.1, 0.15) is 12.3 Å². The van der Waals surface area contributed by atoms with E-state index in [1.807, 2.05) is 9.80 Å². The summed E-state index contributed by atoms with van der Waals surface area (Å²) in [7, 11) is 3.40. The van der Waals surface area contributed by atoms with Crippen LogP contribution >= 0.6 is 0 Å². The summed E-state index contributed by atoms with van der Waals surface area (Å²) < 4.78 is 11.1. The minimum atomic E-state index is -1.05. The van der Waals surface area contributed by atoms with Crippen LogP contribution in [0.15, 0.2) is 0 Å². The average Bonchev–Trinajstić information content (AvgIpc) is 3.21. The topological polar surface area (TPSA) is 82.5 Å². The highest BCUT2D eigenvalue weighted by Crippen LogP contribution is 2.44. The van der Waals surface area contributed by atoms with Crippen molar-refractivity contribution >= 4 is 11.8 Å². The molecule has 162 valence electrons. The number of aliphatic hydroxyl groups is 1. The quantitative estimate of drug-likeness (QED) is 0.703. The molecule has 1 saturated carbocycles. The molecule has 0 spiro atoms. The Bertz CT molecular complexity index is 675. The zero-order valence-electron chi connectivity index (χ0n) is 17.4. The van der Waals surface area contributed by atoms with Crippen molar-refractivity contribution in [1.29, 1.82) is 0 Å². The fraction of sp³-hybridized carbons (Fsp3) is 0.905. The molecule has 0 aromatic carbocycles. The van der Waals surface area contributed by atoms with Crippen LogP contribution in [0.5, 0.6) is 0 Å². The van der Waals surface area contributed by atoms with Crippen molar-refractivity contribution in [2.75, 3.05) is 27.3 Å². The Balaban J connectivity index is 1.55. The average molecular weight is 408 g/mol. The highest BCUT2D eigenvalue weighted by molar-refractivity contribution is 5.87. The summed E-state index contributed by atoms with van der Waals surface area (Å²) in [6.07, 6.45) is 4.65. The maximum atomic E-state index is 13.5. The molecule has 5 rings (SSSR count). The molecule has 7 unspecified atom stereocenters. The number of hydrogen-bond donors (Lipinski definition) is 1. The van der Waals surface area contributed by atoms with Crippen LogP contribution in [0.4, 0.5) is 0 Å². The van der Waals surface area contributed by atoms with Gasteiger partial charge >= 0.3 is 0 Å². The highest BCUT2D eigenvalue weighted by Gasteiger charge is 2.59. The van der Waals surface area contributed by atoms with Crippen LogP contribution in [0.25, 0.3) is 0 Å². The number of methoxy groups -OCH3 is 2. The fourth-order valence-electron chi connectivity index (χ4n) is 6.73. The van der Waals surface area contributed by atoms with E-state index in [-0.39, 0.29) is 54.2 Å². The highest BCUT2D eigenvalue weighted by atomic mass is 16.5. The zero-order valence-corrected chi connectivity index (χ0v) is 17.4. The molecule has 4 saturated heterocycles. The van der Waals surface area contributed by atoms with Crippen molar-refractivity contribution in [3.8, 4) is 0 Å². The standard InChI is InChI=1S/C21H33N3O5/c1-28-12-5-6-15-14(10-12)20(26)23-8-3-4-16(23)19-22-9-7-13(29-2)11-17(22)18(25)21(27)24(15)19/h12-19,25H,3-11H2,1-2H3/t12?,13?,14?,15?,16-,17?,18?,19?/m0/s1. The maximum absolute atomic E-state index is 13.5. The summed E-state index contributed by atoms with van der Waals surface area (Å²) >= 11 is 0. The van der Waals surface area contributed by atoms with Crippen LogP contribution in [0.1, 0.15) is 44.9 Å². The van der Waals surface area contributed by atoms with Gasteiger partial charge in [-0.3, -0.25) is 14.5 Å². The lowest BCUT2D eigenvalue weighted by atomic mass is 9.80. The third-order valence-electron chi connectivity index (χ3n) is 8.17. The molecular formula is C21H33N3O5. The van der Waals surface area contributed by atoms with Gasteiger partial charge < -0.3 is 24.4 Å². The second-order valence-electron chi connectivity index (χ2n) is 9.38. The number of hydrogen-bond acceptors (Lipinski definition) is 6. The molecule has 8 atom stereocenters.